The van der Waals surface area contributed by atoms with Crippen molar-refractivity contribution in [3.63, 3.8) is 0 Å². The Labute approximate surface area is 197 Å². The molecule has 5 aliphatic rings. The number of allylic oxidation sites excluding steroid dienone is 1. The van der Waals surface area contributed by atoms with Gasteiger partial charge in [0.2, 0.25) is 0 Å². The molecule has 0 spiro atoms. The fraction of sp³-hybridized carbons (Fsp3) is 0.808. The summed E-state index contributed by atoms with van der Waals surface area (Å²) in [4.78, 5) is 14.3. The van der Waals surface area contributed by atoms with E-state index in [1.807, 2.05) is 20.2 Å². The molecule has 1 saturated carbocycles. The number of nitrogens with zero attached hydrogens (tertiary/aromatic N) is 1. The van der Waals surface area contributed by atoms with E-state index in [0.29, 0.717) is 26.0 Å². The Kier molecular flexibility index (Phi) is 5.25. The van der Waals surface area contributed by atoms with Crippen molar-refractivity contribution in [2.75, 3.05) is 27.2 Å². The van der Waals surface area contributed by atoms with Crippen molar-refractivity contribution in [2.24, 2.45) is 16.7 Å². The van der Waals surface area contributed by atoms with E-state index in [1.165, 1.54) is 18.1 Å². The summed E-state index contributed by atoms with van der Waals surface area (Å²) in [6, 6.07) is 0. The molecule has 2 saturated heterocycles. The second kappa shape index (κ2) is 7.37. The maximum Gasteiger partial charge on any atom is 0.303 e. The highest BCUT2D eigenvalue weighted by Crippen LogP contribution is 2.64. The average Bonchev–Trinajstić information content (AvgIpc) is 3.08. The molecular formula is C26H39NO6. The summed E-state index contributed by atoms with van der Waals surface area (Å²) in [6.07, 6.45) is 4.99. The molecule has 5 rings (SSSR count). The van der Waals surface area contributed by atoms with Crippen LogP contribution in [0.15, 0.2) is 23.3 Å². The van der Waals surface area contributed by atoms with E-state index in [9.17, 15) is 9.90 Å². The molecule has 7 nitrogen and oxygen atoms in total. The van der Waals surface area contributed by atoms with Crippen LogP contribution in [0.3, 0.4) is 0 Å². The van der Waals surface area contributed by atoms with Gasteiger partial charge in [-0.2, -0.15) is 0 Å². The van der Waals surface area contributed by atoms with E-state index in [-0.39, 0.29) is 36.5 Å². The second-order valence-electron chi connectivity index (χ2n) is 11.9. The molecule has 0 aromatic carbocycles. The minimum atomic E-state index is -0.958. The fourth-order valence-electron chi connectivity index (χ4n) is 7.41. The van der Waals surface area contributed by atoms with E-state index in [2.05, 4.69) is 38.7 Å². The van der Waals surface area contributed by atoms with Crippen LogP contribution in [0.2, 0.25) is 0 Å². The highest BCUT2D eigenvalue weighted by atomic mass is 16.7. The van der Waals surface area contributed by atoms with Crippen LogP contribution >= 0.6 is 0 Å². The Balaban J connectivity index is 1.69. The molecule has 0 aromatic rings. The number of esters is 1. The summed E-state index contributed by atoms with van der Waals surface area (Å²) < 4.78 is 25.3. The minimum Gasteiger partial charge on any atom is -0.453 e. The zero-order valence-corrected chi connectivity index (χ0v) is 21.0. The summed E-state index contributed by atoms with van der Waals surface area (Å²) in [5, 5.41) is 12.3. The van der Waals surface area contributed by atoms with Crippen molar-refractivity contribution in [3.05, 3.63) is 23.3 Å². The lowest BCUT2D eigenvalue weighted by Gasteiger charge is -2.64. The first-order valence-electron chi connectivity index (χ1n) is 12.2. The number of carbonyl (C=O) groups excluding carboxylic acids is 1. The molecule has 0 amide bonds. The first kappa shape index (κ1) is 23.5. The molecule has 7 heteroatoms. The van der Waals surface area contributed by atoms with E-state index >= 15 is 0 Å². The van der Waals surface area contributed by atoms with Gasteiger partial charge < -0.3 is 29.0 Å². The molecule has 8 atom stereocenters. The van der Waals surface area contributed by atoms with Crippen LogP contribution in [0.5, 0.6) is 0 Å². The molecule has 0 radical (unpaired) electrons. The van der Waals surface area contributed by atoms with Gasteiger partial charge in [0.05, 0.1) is 12.2 Å². The van der Waals surface area contributed by atoms with Crippen molar-refractivity contribution in [1.82, 2.24) is 4.90 Å². The summed E-state index contributed by atoms with van der Waals surface area (Å²) in [6.45, 7) is 11.1. The second-order valence-corrected chi connectivity index (χ2v) is 11.9. The Hall–Kier alpha value is -1.25. The van der Waals surface area contributed by atoms with Crippen molar-refractivity contribution in [2.45, 2.75) is 89.7 Å². The number of likely N-dealkylation sites (N-methyl/N-ethyl adjacent to an activating group) is 1. The van der Waals surface area contributed by atoms with Crippen LogP contribution in [-0.2, 0) is 23.7 Å². The molecule has 1 unspecified atom stereocenters. The van der Waals surface area contributed by atoms with E-state index in [0.717, 1.165) is 6.42 Å². The molecule has 1 N–H and O–H groups in total. The Morgan fingerprint density at radius 1 is 1.27 bits per heavy atom. The molecular weight excluding hydrogens is 422 g/mol. The Morgan fingerprint density at radius 2 is 2.00 bits per heavy atom. The Bertz CT molecular complexity index is 910. The maximum absolute atomic E-state index is 12.3. The number of hydrogen-bond acceptors (Lipinski definition) is 7. The normalized spacial score (nSPS) is 47.7. The Morgan fingerprint density at radius 3 is 2.61 bits per heavy atom. The minimum absolute atomic E-state index is 0.170. The number of hydrogen-bond donors (Lipinski definition) is 1. The standard InChI is InChI=1S/C26H39NO6/c1-15-8-11-25(29)12-17-24(5,10-9-18-26(17,14-30-18)33-16(2)28)22-21(20(15)23(25,3)4)31-19(32-22)13-27(6)7/h9-10,17-19,21-22,29H,8,11-14H2,1-7H3/t17?,18-,19-,21-,22-,24-,25-,26-/m1/s1. The van der Waals surface area contributed by atoms with Crippen molar-refractivity contribution in [1.29, 1.82) is 0 Å². The molecule has 2 aliphatic heterocycles. The van der Waals surface area contributed by atoms with Gasteiger partial charge in [0, 0.05) is 30.2 Å². The van der Waals surface area contributed by atoms with Crippen molar-refractivity contribution >= 4 is 5.97 Å². The van der Waals surface area contributed by atoms with Crippen molar-refractivity contribution in [3.8, 4) is 0 Å². The lowest BCUT2D eigenvalue weighted by molar-refractivity contribution is -0.292. The predicted molar refractivity (Wildman–Crippen MR) is 122 cm³/mol. The fourth-order valence-corrected chi connectivity index (χ4v) is 7.41. The first-order valence-corrected chi connectivity index (χ1v) is 12.2. The monoisotopic (exact) mass is 461 g/mol. The van der Waals surface area contributed by atoms with Gasteiger partial charge in [0.1, 0.15) is 18.3 Å². The van der Waals surface area contributed by atoms with Crippen LogP contribution in [-0.4, -0.2) is 79.0 Å². The summed E-state index contributed by atoms with van der Waals surface area (Å²) in [5.41, 5.74) is -0.314. The van der Waals surface area contributed by atoms with Crippen molar-refractivity contribution < 1.29 is 28.8 Å². The SMILES string of the molecule is CC(=O)O[C@@]12CO[C@@H]1C=C[C@]1(C)C2C[C@]2(O)CCC(C)=C([C@H]3O[C@@H](CN(C)C)O[C@H]31)C2(C)C. The average molecular weight is 462 g/mol. The van der Waals surface area contributed by atoms with Gasteiger partial charge in [-0.05, 0) is 45.9 Å². The third-order valence-electron chi connectivity index (χ3n) is 9.31. The van der Waals surface area contributed by atoms with Gasteiger partial charge >= 0.3 is 5.97 Å². The third kappa shape index (κ3) is 3.16. The topological polar surface area (TPSA) is 77.5 Å². The van der Waals surface area contributed by atoms with Crippen LogP contribution in [0.1, 0.15) is 53.9 Å². The lowest BCUT2D eigenvalue weighted by atomic mass is 9.48. The number of rotatable bonds is 3. The van der Waals surface area contributed by atoms with E-state index in [4.69, 9.17) is 18.9 Å². The molecule has 2 bridgehead atoms. The van der Waals surface area contributed by atoms with Gasteiger partial charge in [0.15, 0.2) is 11.9 Å². The van der Waals surface area contributed by atoms with E-state index < -0.39 is 22.0 Å². The highest BCUT2D eigenvalue weighted by molar-refractivity contribution is 5.67. The molecule has 184 valence electrons. The molecule has 2 heterocycles. The van der Waals surface area contributed by atoms with Crippen LogP contribution < -0.4 is 0 Å². The number of aliphatic hydroxyl groups is 1. The molecule has 0 aromatic heterocycles. The molecule has 33 heavy (non-hydrogen) atoms. The lowest BCUT2D eigenvalue weighted by Crippen LogP contribution is -2.73. The summed E-state index contributed by atoms with van der Waals surface area (Å²) in [5.74, 6) is -0.490. The third-order valence-corrected chi connectivity index (χ3v) is 9.31. The number of fused-ring (bicyclic) bond motifs is 8. The zero-order valence-electron chi connectivity index (χ0n) is 21.0. The molecule has 3 fully saturated rings. The first-order chi connectivity index (χ1) is 15.3. The van der Waals surface area contributed by atoms with Crippen LogP contribution in [0, 0.1) is 16.7 Å². The molecule has 3 aliphatic carbocycles. The summed E-state index contributed by atoms with van der Waals surface area (Å²) in [7, 11) is 4.02. The van der Waals surface area contributed by atoms with Gasteiger partial charge in [-0.3, -0.25) is 4.79 Å². The summed E-state index contributed by atoms with van der Waals surface area (Å²) >= 11 is 0. The highest BCUT2D eigenvalue weighted by Gasteiger charge is 2.70. The van der Waals surface area contributed by atoms with Gasteiger partial charge in [-0.15, -0.1) is 0 Å². The zero-order chi connectivity index (χ0) is 24.0. The predicted octanol–water partition coefficient (Wildman–Crippen LogP) is 2.82. The van der Waals surface area contributed by atoms with Crippen LogP contribution in [0.25, 0.3) is 0 Å². The largest absolute Gasteiger partial charge is 0.453 e. The van der Waals surface area contributed by atoms with Crippen LogP contribution in [0.4, 0.5) is 0 Å². The number of ether oxygens (including phenoxy) is 4. The maximum atomic E-state index is 12.3. The van der Waals surface area contributed by atoms with E-state index in [1.54, 1.807) is 0 Å². The van der Waals surface area contributed by atoms with Gasteiger partial charge in [-0.25, -0.2) is 0 Å². The van der Waals surface area contributed by atoms with Gasteiger partial charge in [-0.1, -0.05) is 38.5 Å². The van der Waals surface area contributed by atoms with Gasteiger partial charge in [0.25, 0.3) is 0 Å². The smallest absolute Gasteiger partial charge is 0.303 e. The number of carbonyl (C=O) groups is 1. The quantitative estimate of drug-likeness (QED) is 0.512.